The molecule has 0 N–H and O–H groups in total. The molecule has 0 amide bonds. The molecule has 0 saturated carbocycles. The Morgan fingerprint density at radius 2 is 2.38 bits per heavy atom. The van der Waals surface area contributed by atoms with E-state index in [0.29, 0.717) is 5.92 Å². The van der Waals surface area contributed by atoms with Gasteiger partial charge in [-0.1, -0.05) is 5.57 Å². The number of ether oxygens (including phenoxy) is 2. The quantitative estimate of drug-likeness (QED) is 0.482. The first-order chi connectivity index (χ1) is 6.24. The first-order valence-electron chi connectivity index (χ1n) is 4.58. The van der Waals surface area contributed by atoms with Crippen molar-refractivity contribution in [2.24, 2.45) is 5.92 Å². The smallest absolute Gasteiger partial charge is 0.330 e. The van der Waals surface area contributed by atoms with E-state index in [1.54, 1.807) is 6.08 Å². The second-order valence-corrected chi connectivity index (χ2v) is 3.33. The molecule has 0 radical (unpaired) electrons. The van der Waals surface area contributed by atoms with Crippen LogP contribution < -0.4 is 0 Å². The Morgan fingerprint density at radius 1 is 1.62 bits per heavy atom. The van der Waals surface area contributed by atoms with Crippen molar-refractivity contribution in [1.29, 1.82) is 0 Å². The third-order valence-electron chi connectivity index (χ3n) is 2.35. The first kappa shape index (κ1) is 10.3. The van der Waals surface area contributed by atoms with Gasteiger partial charge in [0.2, 0.25) is 0 Å². The van der Waals surface area contributed by atoms with Crippen LogP contribution in [0.15, 0.2) is 11.6 Å². The van der Waals surface area contributed by atoms with Crippen LogP contribution >= 0.6 is 0 Å². The summed E-state index contributed by atoms with van der Waals surface area (Å²) in [6.45, 7) is 3.54. The van der Waals surface area contributed by atoms with Gasteiger partial charge in [-0.05, 0) is 19.8 Å². The van der Waals surface area contributed by atoms with Crippen LogP contribution in [0.4, 0.5) is 0 Å². The van der Waals surface area contributed by atoms with Gasteiger partial charge in [0.1, 0.15) is 0 Å². The molecule has 3 nitrogen and oxygen atoms in total. The zero-order chi connectivity index (χ0) is 9.68. The summed E-state index contributed by atoms with van der Waals surface area (Å²) >= 11 is 0. The van der Waals surface area contributed by atoms with Gasteiger partial charge in [-0.3, -0.25) is 0 Å². The van der Waals surface area contributed by atoms with E-state index >= 15 is 0 Å². The maximum Gasteiger partial charge on any atom is 0.330 e. The van der Waals surface area contributed by atoms with E-state index in [2.05, 4.69) is 4.74 Å². The van der Waals surface area contributed by atoms with E-state index in [9.17, 15) is 4.79 Å². The molecule has 13 heavy (non-hydrogen) atoms. The normalized spacial score (nSPS) is 24.2. The molecule has 0 aromatic heterocycles. The molecular weight excluding hydrogens is 168 g/mol. The third kappa shape index (κ3) is 3.19. The fourth-order valence-electron chi connectivity index (χ4n) is 1.46. The van der Waals surface area contributed by atoms with Crippen LogP contribution in [0.2, 0.25) is 0 Å². The van der Waals surface area contributed by atoms with Gasteiger partial charge in [-0.25, -0.2) is 4.79 Å². The lowest BCUT2D eigenvalue weighted by atomic mass is 9.94. The highest BCUT2D eigenvalue weighted by molar-refractivity contribution is 5.82. The van der Waals surface area contributed by atoms with Crippen LogP contribution in [0.5, 0.6) is 0 Å². The summed E-state index contributed by atoms with van der Waals surface area (Å²) in [6.07, 6.45) is 3.75. The van der Waals surface area contributed by atoms with Crippen molar-refractivity contribution < 1.29 is 14.3 Å². The van der Waals surface area contributed by atoms with Crippen LogP contribution in [0.3, 0.4) is 0 Å². The average molecular weight is 184 g/mol. The Kier molecular flexibility index (Phi) is 3.96. The molecule has 3 heteroatoms. The number of rotatable bonds is 2. The average Bonchev–Trinajstić information content (AvgIpc) is 2.19. The summed E-state index contributed by atoms with van der Waals surface area (Å²) in [5.41, 5.74) is 1.06. The lowest BCUT2D eigenvalue weighted by Crippen LogP contribution is -2.18. The molecule has 0 spiro atoms. The Balaban J connectivity index is 2.49. The minimum Gasteiger partial charge on any atom is -0.466 e. The number of hydrogen-bond donors (Lipinski definition) is 0. The highest BCUT2D eigenvalue weighted by Gasteiger charge is 2.16. The zero-order valence-electron chi connectivity index (χ0n) is 8.21. The van der Waals surface area contributed by atoms with Crippen LogP contribution in [-0.4, -0.2) is 26.3 Å². The minimum atomic E-state index is -0.275. The molecule has 1 aliphatic heterocycles. The highest BCUT2D eigenvalue weighted by atomic mass is 16.5. The maximum absolute atomic E-state index is 10.9. The lowest BCUT2D eigenvalue weighted by molar-refractivity contribution is -0.134. The Labute approximate surface area is 78.7 Å². The molecular formula is C10H16O3. The van der Waals surface area contributed by atoms with Gasteiger partial charge >= 0.3 is 5.97 Å². The van der Waals surface area contributed by atoms with Crippen LogP contribution in [-0.2, 0) is 14.3 Å². The number of carbonyl (C=O) groups is 1. The maximum atomic E-state index is 10.9. The molecule has 0 aromatic rings. The fourth-order valence-corrected chi connectivity index (χ4v) is 1.46. The Bertz CT molecular complexity index is 202. The summed E-state index contributed by atoms with van der Waals surface area (Å²) in [5.74, 6) is 0.121. The second-order valence-electron chi connectivity index (χ2n) is 3.33. The molecule has 0 aromatic carbocycles. The number of carbonyl (C=O) groups excluding carboxylic acids is 1. The molecule has 74 valence electrons. The minimum absolute atomic E-state index is 0.275. The summed E-state index contributed by atoms with van der Waals surface area (Å²) in [6, 6.07) is 0. The highest BCUT2D eigenvalue weighted by Crippen LogP contribution is 2.21. The standard InChI is InChI=1S/C10H16O3/c1-8(6-10(11)12-2)9-4-3-5-13-7-9/h6,9H,3-5,7H2,1-2H3/b8-6-. The van der Waals surface area contributed by atoms with Crippen molar-refractivity contribution in [2.45, 2.75) is 19.8 Å². The van der Waals surface area contributed by atoms with Crippen molar-refractivity contribution in [3.63, 3.8) is 0 Å². The molecule has 1 unspecified atom stereocenters. The Hall–Kier alpha value is -0.830. The summed E-state index contributed by atoms with van der Waals surface area (Å²) in [5, 5.41) is 0. The van der Waals surface area contributed by atoms with Gasteiger partial charge in [-0.2, -0.15) is 0 Å². The van der Waals surface area contributed by atoms with E-state index in [1.165, 1.54) is 7.11 Å². The van der Waals surface area contributed by atoms with Crippen molar-refractivity contribution in [2.75, 3.05) is 20.3 Å². The van der Waals surface area contributed by atoms with Crippen molar-refractivity contribution in [3.05, 3.63) is 11.6 Å². The predicted molar refractivity (Wildman–Crippen MR) is 49.3 cm³/mol. The van der Waals surface area contributed by atoms with Gasteiger partial charge in [-0.15, -0.1) is 0 Å². The first-order valence-corrected chi connectivity index (χ1v) is 4.58. The molecule has 1 saturated heterocycles. The second kappa shape index (κ2) is 5.02. The van der Waals surface area contributed by atoms with Gasteiger partial charge < -0.3 is 9.47 Å². The monoisotopic (exact) mass is 184 g/mol. The number of methoxy groups -OCH3 is 1. The lowest BCUT2D eigenvalue weighted by Gasteiger charge is -2.22. The van der Waals surface area contributed by atoms with E-state index in [4.69, 9.17) is 4.74 Å². The topological polar surface area (TPSA) is 35.5 Å². The summed E-state index contributed by atoms with van der Waals surface area (Å²) in [4.78, 5) is 10.9. The number of hydrogen-bond acceptors (Lipinski definition) is 3. The third-order valence-corrected chi connectivity index (χ3v) is 2.35. The largest absolute Gasteiger partial charge is 0.466 e. The molecule has 1 heterocycles. The van der Waals surface area contributed by atoms with Crippen LogP contribution in [0, 0.1) is 5.92 Å². The van der Waals surface area contributed by atoms with E-state index in [0.717, 1.165) is 31.6 Å². The van der Waals surface area contributed by atoms with Crippen LogP contribution in [0.25, 0.3) is 0 Å². The molecule has 0 aliphatic carbocycles. The van der Waals surface area contributed by atoms with Gasteiger partial charge in [0.05, 0.1) is 13.7 Å². The van der Waals surface area contributed by atoms with Gasteiger partial charge in [0, 0.05) is 18.6 Å². The van der Waals surface area contributed by atoms with E-state index in [-0.39, 0.29) is 5.97 Å². The summed E-state index contributed by atoms with van der Waals surface area (Å²) in [7, 11) is 1.39. The SMILES string of the molecule is COC(=O)/C=C(/C)C1CCCOC1. The van der Waals surface area contributed by atoms with Crippen LogP contribution in [0.1, 0.15) is 19.8 Å². The zero-order valence-corrected chi connectivity index (χ0v) is 8.21. The molecule has 1 rings (SSSR count). The van der Waals surface area contributed by atoms with Crippen molar-refractivity contribution in [3.8, 4) is 0 Å². The molecule has 1 aliphatic rings. The Morgan fingerprint density at radius 3 is 2.92 bits per heavy atom. The molecule has 1 atom stereocenters. The van der Waals surface area contributed by atoms with Crippen molar-refractivity contribution >= 4 is 5.97 Å². The molecule has 0 bridgehead atoms. The van der Waals surface area contributed by atoms with Gasteiger partial charge in [0.25, 0.3) is 0 Å². The number of esters is 1. The van der Waals surface area contributed by atoms with E-state index < -0.39 is 0 Å². The molecule has 1 fully saturated rings. The van der Waals surface area contributed by atoms with E-state index in [1.807, 2.05) is 6.92 Å². The van der Waals surface area contributed by atoms with Gasteiger partial charge in [0.15, 0.2) is 0 Å². The predicted octanol–water partition coefficient (Wildman–Crippen LogP) is 1.53. The summed E-state index contributed by atoms with van der Waals surface area (Å²) < 4.78 is 9.88. The van der Waals surface area contributed by atoms with Crippen molar-refractivity contribution in [1.82, 2.24) is 0 Å². The fraction of sp³-hybridized carbons (Fsp3) is 0.700.